The Labute approximate surface area is 101 Å². The minimum atomic E-state index is -0.0503. The van der Waals surface area contributed by atoms with Crippen LogP contribution >= 0.6 is 11.8 Å². The molecule has 1 amide bonds. The first kappa shape index (κ1) is 12.9. The van der Waals surface area contributed by atoms with E-state index in [9.17, 15) is 4.79 Å². The molecule has 0 bridgehead atoms. The van der Waals surface area contributed by atoms with Gasteiger partial charge in [0.15, 0.2) is 0 Å². The Kier molecular flexibility index (Phi) is 4.68. The molecule has 1 aromatic rings. The average molecular weight is 238 g/mol. The highest BCUT2D eigenvalue weighted by Crippen LogP contribution is 2.12. The lowest BCUT2D eigenvalue weighted by Crippen LogP contribution is -2.29. The Morgan fingerprint density at radius 3 is 2.88 bits per heavy atom. The number of nitrogen functional groups attached to an aromatic ring is 1. The van der Waals surface area contributed by atoms with Gasteiger partial charge < -0.3 is 11.1 Å². The number of aryl methyl sites for hydroxylation is 1. The summed E-state index contributed by atoms with van der Waals surface area (Å²) < 4.78 is 0. The van der Waals surface area contributed by atoms with Crippen LogP contribution in [0.2, 0.25) is 0 Å². The number of thioether (sulfide) groups is 1. The Balaban J connectivity index is 2.69. The van der Waals surface area contributed by atoms with Crippen LogP contribution in [0.5, 0.6) is 0 Å². The topological polar surface area (TPSA) is 55.1 Å². The van der Waals surface area contributed by atoms with Gasteiger partial charge in [0.05, 0.1) is 0 Å². The van der Waals surface area contributed by atoms with Crippen LogP contribution in [0.25, 0.3) is 0 Å². The third-order valence-electron chi connectivity index (χ3n) is 2.46. The predicted molar refractivity (Wildman–Crippen MR) is 70.9 cm³/mol. The highest BCUT2D eigenvalue weighted by molar-refractivity contribution is 7.99. The fourth-order valence-electron chi connectivity index (χ4n) is 1.30. The summed E-state index contributed by atoms with van der Waals surface area (Å²) in [5, 5.41) is 3.32. The molecule has 4 heteroatoms. The van der Waals surface area contributed by atoms with E-state index < -0.39 is 0 Å². The number of nitrogens with one attached hydrogen (secondary N) is 1. The summed E-state index contributed by atoms with van der Waals surface area (Å²) in [4.78, 5) is 11.9. The molecule has 1 aromatic carbocycles. The molecule has 0 aliphatic heterocycles. The molecule has 3 N–H and O–H groups in total. The molecule has 0 aromatic heterocycles. The SMILES string of the molecule is CSC(C)CNC(=O)c1cc(N)ccc1C. The lowest BCUT2D eigenvalue weighted by Gasteiger charge is -2.11. The van der Waals surface area contributed by atoms with Crippen LogP contribution in [0.4, 0.5) is 5.69 Å². The largest absolute Gasteiger partial charge is 0.399 e. The zero-order chi connectivity index (χ0) is 12.1. The molecule has 0 radical (unpaired) electrons. The fourth-order valence-corrected chi connectivity index (χ4v) is 1.55. The van der Waals surface area contributed by atoms with Crippen molar-refractivity contribution in [3.05, 3.63) is 29.3 Å². The minimum Gasteiger partial charge on any atom is -0.399 e. The zero-order valence-electron chi connectivity index (χ0n) is 9.91. The number of hydrogen-bond acceptors (Lipinski definition) is 3. The normalized spacial score (nSPS) is 12.2. The van der Waals surface area contributed by atoms with E-state index in [-0.39, 0.29) is 5.91 Å². The fraction of sp³-hybridized carbons (Fsp3) is 0.417. The summed E-state index contributed by atoms with van der Waals surface area (Å²) >= 11 is 1.73. The molecule has 0 aliphatic carbocycles. The van der Waals surface area contributed by atoms with E-state index in [1.165, 1.54) is 0 Å². The second-order valence-electron chi connectivity index (χ2n) is 3.83. The molecular weight excluding hydrogens is 220 g/mol. The van der Waals surface area contributed by atoms with Crippen molar-refractivity contribution in [1.29, 1.82) is 0 Å². The molecular formula is C12H18N2OS. The van der Waals surface area contributed by atoms with Crippen molar-refractivity contribution in [3.63, 3.8) is 0 Å². The molecule has 1 rings (SSSR count). The van der Waals surface area contributed by atoms with Crippen molar-refractivity contribution in [1.82, 2.24) is 5.32 Å². The van der Waals surface area contributed by atoms with Gasteiger partial charge in [0.2, 0.25) is 0 Å². The second kappa shape index (κ2) is 5.80. The second-order valence-corrected chi connectivity index (χ2v) is 5.11. The molecule has 0 aliphatic rings. The Morgan fingerprint density at radius 2 is 2.25 bits per heavy atom. The monoisotopic (exact) mass is 238 g/mol. The van der Waals surface area contributed by atoms with Crippen molar-refractivity contribution in [2.75, 3.05) is 18.5 Å². The number of anilines is 1. The van der Waals surface area contributed by atoms with Gasteiger partial charge in [0, 0.05) is 23.0 Å². The summed E-state index contributed by atoms with van der Waals surface area (Å²) in [6.07, 6.45) is 2.03. The number of nitrogens with two attached hydrogens (primary N) is 1. The lowest BCUT2D eigenvalue weighted by molar-refractivity contribution is 0.0953. The lowest BCUT2D eigenvalue weighted by atomic mass is 10.1. The van der Waals surface area contributed by atoms with Gasteiger partial charge in [-0.25, -0.2) is 0 Å². The van der Waals surface area contributed by atoms with Crippen LogP contribution in [0.1, 0.15) is 22.8 Å². The Morgan fingerprint density at radius 1 is 1.56 bits per heavy atom. The van der Waals surface area contributed by atoms with E-state index >= 15 is 0 Å². The number of carbonyl (C=O) groups is 1. The number of rotatable bonds is 4. The molecule has 0 saturated carbocycles. The van der Waals surface area contributed by atoms with E-state index in [1.807, 2.05) is 19.2 Å². The first-order chi connectivity index (χ1) is 7.54. The van der Waals surface area contributed by atoms with Gasteiger partial charge in [-0.3, -0.25) is 4.79 Å². The average Bonchev–Trinajstić information content (AvgIpc) is 2.28. The third-order valence-corrected chi connectivity index (χ3v) is 3.43. The van der Waals surface area contributed by atoms with Crippen LogP contribution in [0.3, 0.4) is 0 Å². The van der Waals surface area contributed by atoms with Crippen LogP contribution in [0.15, 0.2) is 18.2 Å². The number of carbonyl (C=O) groups excluding carboxylic acids is 1. The molecule has 0 spiro atoms. The third kappa shape index (κ3) is 3.45. The predicted octanol–water partition coefficient (Wildman–Crippen LogP) is 2.06. The summed E-state index contributed by atoms with van der Waals surface area (Å²) in [6.45, 7) is 4.66. The maximum absolute atomic E-state index is 11.9. The summed E-state index contributed by atoms with van der Waals surface area (Å²) in [6, 6.07) is 5.38. The van der Waals surface area contributed by atoms with Gasteiger partial charge in [-0.05, 0) is 30.9 Å². The van der Waals surface area contributed by atoms with Crippen molar-refractivity contribution < 1.29 is 4.79 Å². The summed E-state index contributed by atoms with van der Waals surface area (Å²) in [5.74, 6) is -0.0503. The van der Waals surface area contributed by atoms with E-state index in [0.717, 1.165) is 5.56 Å². The van der Waals surface area contributed by atoms with Gasteiger partial charge in [0.25, 0.3) is 5.91 Å². The van der Waals surface area contributed by atoms with Crippen LogP contribution < -0.4 is 11.1 Å². The number of amides is 1. The summed E-state index contributed by atoms with van der Waals surface area (Å²) in [5.41, 5.74) is 7.89. The molecule has 1 unspecified atom stereocenters. The molecule has 0 saturated heterocycles. The minimum absolute atomic E-state index is 0.0503. The van der Waals surface area contributed by atoms with Crippen LogP contribution in [-0.4, -0.2) is 24.0 Å². The molecule has 1 atom stereocenters. The van der Waals surface area contributed by atoms with E-state index in [4.69, 9.17) is 5.73 Å². The quantitative estimate of drug-likeness (QED) is 0.789. The van der Waals surface area contributed by atoms with Crippen molar-refractivity contribution >= 4 is 23.4 Å². The van der Waals surface area contributed by atoms with E-state index in [2.05, 4.69) is 12.2 Å². The smallest absolute Gasteiger partial charge is 0.251 e. The first-order valence-corrected chi connectivity index (χ1v) is 6.50. The van der Waals surface area contributed by atoms with E-state index in [0.29, 0.717) is 23.0 Å². The summed E-state index contributed by atoms with van der Waals surface area (Å²) in [7, 11) is 0. The highest BCUT2D eigenvalue weighted by Gasteiger charge is 2.10. The van der Waals surface area contributed by atoms with Gasteiger partial charge in [-0.2, -0.15) is 11.8 Å². The van der Waals surface area contributed by atoms with Gasteiger partial charge in [-0.15, -0.1) is 0 Å². The molecule has 0 heterocycles. The van der Waals surface area contributed by atoms with Gasteiger partial charge in [-0.1, -0.05) is 13.0 Å². The molecule has 88 valence electrons. The Bertz CT molecular complexity index is 379. The van der Waals surface area contributed by atoms with Gasteiger partial charge >= 0.3 is 0 Å². The zero-order valence-corrected chi connectivity index (χ0v) is 10.7. The van der Waals surface area contributed by atoms with Gasteiger partial charge in [0.1, 0.15) is 0 Å². The van der Waals surface area contributed by atoms with Crippen LogP contribution in [0, 0.1) is 6.92 Å². The van der Waals surface area contributed by atoms with Crippen molar-refractivity contribution in [2.45, 2.75) is 19.1 Å². The maximum Gasteiger partial charge on any atom is 0.251 e. The van der Waals surface area contributed by atoms with Crippen molar-refractivity contribution in [3.8, 4) is 0 Å². The van der Waals surface area contributed by atoms with Crippen molar-refractivity contribution in [2.24, 2.45) is 0 Å². The Hall–Kier alpha value is -1.16. The first-order valence-electron chi connectivity index (χ1n) is 5.21. The number of benzene rings is 1. The maximum atomic E-state index is 11.9. The molecule has 16 heavy (non-hydrogen) atoms. The standard InChI is InChI=1S/C12H18N2OS/c1-8-4-5-10(13)6-11(8)12(15)14-7-9(2)16-3/h4-6,9H,7,13H2,1-3H3,(H,14,15). The van der Waals surface area contributed by atoms with E-state index in [1.54, 1.807) is 23.9 Å². The molecule has 0 fully saturated rings. The highest BCUT2D eigenvalue weighted by atomic mass is 32.2. The van der Waals surface area contributed by atoms with Crippen LogP contribution in [-0.2, 0) is 0 Å². The number of hydrogen-bond donors (Lipinski definition) is 2. The molecule has 3 nitrogen and oxygen atoms in total.